The Hall–Kier alpha value is -2.69. The van der Waals surface area contributed by atoms with Crippen molar-refractivity contribution >= 4 is 11.8 Å². The summed E-state index contributed by atoms with van der Waals surface area (Å²) in [6, 6.07) is 14.3. The van der Waals surface area contributed by atoms with E-state index in [4.69, 9.17) is 5.73 Å². The van der Waals surface area contributed by atoms with Crippen molar-refractivity contribution in [3.8, 4) is 0 Å². The van der Waals surface area contributed by atoms with Crippen LogP contribution >= 0.6 is 0 Å². The first-order chi connectivity index (χ1) is 10.6. The third-order valence-electron chi connectivity index (χ3n) is 3.33. The number of nitrogens with one attached hydrogen (secondary N) is 1. The Morgan fingerprint density at radius 1 is 1.05 bits per heavy atom. The van der Waals surface area contributed by atoms with Crippen LogP contribution in [0.3, 0.4) is 0 Å². The van der Waals surface area contributed by atoms with Crippen molar-refractivity contribution in [2.45, 2.75) is 18.9 Å². The van der Waals surface area contributed by atoms with E-state index in [0.29, 0.717) is 12.8 Å². The molecule has 0 fully saturated rings. The van der Waals surface area contributed by atoms with Crippen molar-refractivity contribution in [1.29, 1.82) is 0 Å². The van der Waals surface area contributed by atoms with Crippen molar-refractivity contribution in [3.63, 3.8) is 0 Å². The van der Waals surface area contributed by atoms with Crippen molar-refractivity contribution in [2.24, 2.45) is 5.73 Å². The molecule has 2 rings (SSSR count). The summed E-state index contributed by atoms with van der Waals surface area (Å²) in [4.78, 5) is 23.5. The second-order valence-electron chi connectivity index (χ2n) is 4.93. The molecule has 3 N–H and O–H groups in total. The molecule has 4 nitrogen and oxygen atoms in total. The summed E-state index contributed by atoms with van der Waals surface area (Å²) in [7, 11) is 0. The van der Waals surface area contributed by atoms with Gasteiger partial charge in [0.25, 0.3) is 5.91 Å². The monoisotopic (exact) mass is 300 g/mol. The lowest BCUT2D eigenvalue weighted by Gasteiger charge is -2.15. The van der Waals surface area contributed by atoms with Crippen LogP contribution in [0, 0.1) is 5.82 Å². The van der Waals surface area contributed by atoms with Gasteiger partial charge in [0.1, 0.15) is 11.9 Å². The summed E-state index contributed by atoms with van der Waals surface area (Å²) < 4.78 is 13.6. The van der Waals surface area contributed by atoms with Crippen LogP contribution in [-0.4, -0.2) is 17.9 Å². The Labute approximate surface area is 128 Å². The molecule has 2 aromatic carbocycles. The number of halogens is 1. The summed E-state index contributed by atoms with van der Waals surface area (Å²) in [5.74, 6) is -1.91. The molecule has 0 bridgehead atoms. The van der Waals surface area contributed by atoms with Gasteiger partial charge in [-0.15, -0.1) is 0 Å². The van der Waals surface area contributed by atoms with Gasteiger partial charge in [-0.1, -0.05) is 42.5 Å². The fourth-order valence-corrected chi connectivity index (χ4v) is 2.12. The molecule has 114 valence electrons. The number of carbonyl (C=O) groups is 2. The van der Waals surface area contributed by atoms with E-state index in [2.05, 4.69) is 5.32 Å². The lowest BCUT2D eigenvalue weighted by Crippen LogP contribution is -2.44. The SMILES string of the molecule is NC(=O)[C@H](CCc1ccccc1)NC(=O)c1ccccc1F. The first-order valence-corrected chi connectivity index (χ1v) is 6.96. The number of carbonyl (C=O) groups excluding carboxylic acids is 2. The summed E-state index contributed by atoms with van der Waals surface area (Å²) in [6.07, 6.45) is 0.950. The van der Waals surface area contributed by atoms with Crippen LogP contribution < -0.4 is 11.1 Å². The minimum atomic E-state index is -0.840. The van der Waals surface area contributed by atoms with Gasteiger partial charge >= 0.3 is 0 Å². The Morgan fingerprint density at radius 3 is 2.32 bits per heavy atom. The molecule has 0 unspecified atom stereocenters. The Balaban J connectivity index is 2.01. The number of rotatable bonds is 6. The highest BCUT2D eigenvalue weighted by atomic mass is 19.1. The molecule has 0 aliphatic rings. The minimum Gasteiger partial charge on any atom is -0.368 e. The number of aryl methyl sites for hydroxylation is 1. The molecule has 22 heavy (non-hydrogen) atoms. The fourth-order valence-electron chi connectivity index (χ4n) is 2.12. The minimum absolute atomic E-state index is 0.103. The number of hydrogen-bond acceptors (Lipinski definition) is 2. The summed E-state index contributed by atoms with van der Waals surface area (Å²) in [6.45, 7) is 0. The van der Waals surface area contributed by atoms with Crippen LogP contribution in [0.15, 0.2) is 54.6 Å². The van der Waals surface area contributed by atoms with Gasteiger partial charge in [0.2, 0.25) is 5.91 Å². The van der Waals surface area contributed by atoms with Gasteiger partial charge in [0, 0.05) is 0 Å². The van der Waals surface area contributed by atoms with Crippen LogP contribution in [0.5, 0.6) is 0 Å². The number of nitrogens with two attached hydrogens (primary N) is 1. The maximum absolute atomic E-state index is 13.6. The predicted octanol–water partition coefficient (Wildman–Crippen LogP) is 2.04. The van der Waals surface area contributed by atoms with Crippen molar-refractivity contribution in [2.75, 3.05) is 0 Å². The third kappa shape index (κ3) is 4.15. The number of primary amides is 1. The average molecular weight is 300 g/mol. The highest BCUT2D eigenvalue weighted by molar-refractivity contribution is 5.97. The molecular weight excluding hydrogens is 283 g/mol. The van der Waals surface area contributed by atoms with Gasteiger partial charge < -0.3 is 11.1 Å². The Morgan fingerprint density at radius 2 is 1.68 bits per heavy atom. The molecule has 0 radical (unpaired) electrons. The van der Waals surface area contributed by atoms with Crippen molar-refractivity contribution < 1.29 is 14.0 Å². The van der Waals surface area contributed by atoms with Gasteiger partial charge in [-0.05, 0) is 30.5 Å². The molecule has 0 heterocycles. The van der Waals surface area contributed by atoms with Crippen LogP contribution in [0.1, 0.15) is 22.3 Å². The highest BCUT2D eigenvalue weighted by Crippen LogP contribution is 2.09. The second-order valence-corrected chi connectivity index (χ2v) is 4.93. The smallest absolute Gasteiger partial charge is 0.254 e. The molecule has 0 aromatic heterocycles. The van der Waals surface area contributed by atoms with Crippen LogP contribution in [0.2, 0.25) is 0 Å². The summed E-state index contributed by atoms with van der Waals surface area (Å²) >= 11 is 0. The zero-order valence-corrected chi connectivity index (χ0v) is 12.0. The second kappa shape index (κ2) is 7.36. The number of hydrogen-bond donors (Lipinski definition) is 2. The van der Waals surface area contributed by atoms with Gasteiger partial charge in [0.05, 0.1) is 5.56 Å². The number of amides is 2. The van der Waals surface area contributed by atoms with Gasteiger partial charge in [0.15, 0.2) is 0 Å². The fraction of sp³-hybridized carbons (Fsp3) is 0.176. The summed E-state index contributed by atoms with van der Waals surface area (Å²) in [5, 5.41) is 2.49. The molecule has 5 heteroatoms. The van der Waals surface area contributed by atoms with E-state index < -0.39 is 23.7 Å². The zero-order chi connectivity index (χ0) is 15.9. The molecule has 0 spiro atoms. The molecule has 1 atom stereocenters. The zero-order valence-electron chi connectivity index (χ0n) is 12.0. The summed E-state index contributed by atoms with van der Waals surface area (Å²) in [5.41, 5.74) is 6.25. The molecule has 0 saturated heterocycles. The van der Waals surface area contributed by atoms with Crippen LogP contribution in [0.25, 0.3) is 0 Å². The van der Waals surface area contributed by atoms with Crippen molar-refractivity contribution in [1.82, 2.24) is 5.32 Å². The average Bonchev–Trinajstić information content (AvgIpc) is 2.52. The van der Waals surface area contributed by atoms with E-state index in [1.807, 2.05) is 30.3 Å². The predicted molar refractivity (Wildman–Crippen MR) is 81.6 cm³/mol. The quantitative estimate of drug-likeness (QED) is 0.857. The standard InChI is InChI=1S/C17H17FN2O2/c18-14-9-5-4-8-13(14)17(22)20-15(16(19)21)11-10-12-6-2-1-3-7-12/h1-9,15H,10-11H2,(H2,19,21)(H,20,22)/t15-/m0/s1. The molecule has 2 aromatic rings. The maximum Gasteiger partial charge on any atom is 0.254 e. The Bertz CT molecular complexity index is 659. The lowest BCUT2D eigenvalue weighted by molar-refractivity contribution is -0.120. The lowest BCUT2D eigenvalue weighted by atomic mass is 10.0. The van der Waals surface area contributed by atoms with E-state index in [1.165, 1.54) is 18.2 Å². The van der Waals surface area contributed by atoms with E-state index >= 15 is 0 Å². The first-order valence-electron chi connectivity index (χ1n) is 6.96. The normalized spacial score (nSPS) is 11.7. The van der Waals surface area contributed by atoms with Gasteiger partial charge in [-0.25, -0.2) is 4.39 Å². The first kappa shape index (κ1) is 15.7. The molecular formula is C17H17FN2O2. The van der Waals surface area contributed by atoms with E-state index in [1.54, 1.807) is 6.07 Å². The van der Waals surface area contributed by atoms with E-state index in [9.17, 15) is 14.0 Å². The number of benzene rings is 2. The third-order valence-corrected chi connectivity index (χ3v) is 3.33. The largest absolute Gasteiger partial charge is 0.368 e. The molecule has 2 amide bonds. The van der Waals surface area contributed by atoms with E-state index in [0.717, 1.165) is 5.56 Å². The molecule has 0 aliphatic carbocycles. The van der Waals surface area contributed by atoms with E-state index in [-0.39, 0.29) is 5.56 Å². The maximum atomic E-state index is 13.6. The van der Waals surface area contributed by atoms with Gasteiger partial charge in [-0.2, -0.15) is 0 Å². The Kier molecular flexibility index (Phi) is 5.25. The van der Waals surface area contributed by atoms with Gasteiger partial charge in [-0.3, -0.25) is 9.59 Å². The van der Waals surface area contributed by atoms with Crippen molar-refractivity contribution in [3.05, 3.63) is 71.5 Å². The van der Waals surface area contributed by atoms with Crippen LogP contribution in [0.4, 0.5) is 4.39 Å². The topological polar surface area (TPSA) is 72.2 Å². The highest BCUT2D eigenvalue weighted by Gasteiger charge is 2.20. The molecule has 0 aliphatic heterocycles. The molecule has 0 saturated carbocycles. The van der Waals surface area contributed by atoms with Crippen LogP contribution in [-0.2, 0) is 11.2 Å².